The fourth-order valence-electron chi connectivity index (χ4n) is 0.401. The average Bonchev–Trinajstić information content (AvgIpc) is 1.87. The molecule has 0 heterocycles. The van der Waals surface area contributed by atoms with Crippen molar-refractivity contribution in [3.63, 3.8) is 0 Å². The lowest BCUT2D eigenvalue weighted by Gasteiger charge is -2.04. The molecule has 0 bridgehead atoms. The van der Waals surface area contributed by atoms with E-state index in [2.05, 4.69) is 5.92 Å². The molecule has 1 atom stereocenters. The van der Waals surface area contributed by atoms with E-state index in [1.165, 1.54) is 0 Å². The second-order valence-corrected chi connectivity index (χ2v) is 2.29. The van der Waals surface area contributed by atoms with Crippen LogP contribution in [-0.4, -0.2) is 25.4 Å². The first kappa shape index (κ1) is 9.77. The van der Waals surface area contributed by atoms with E-state index in [-0.39, 0.29) is 5.56 Å². The highest BCUT2D eigenvalue weighted by Gasteiger charge is 1.92. The van der Waals surface area contributed by atoms with Crippen molar-refractivity contribution in [3.8, 4) is 12.3 Å². The highest BCUT2D eigenvalue weighted by atomic mass is 35.5. The van der Waals surface area contributed by atoms with Crippen LogP contribution in [0, 0.1) is 12.3 Å². The van der Waals surface area contributed by atoms with E-state index in [0.29, 0.717) is 19.8 Å². The lowest BCUT2D eigenvalue weighted by atomic mass is 10.7. The minimum atomic E-state index is -0.255. The van der Waals surface area contributed by atoms with Gasteiger partial charge in [-0.2, -0.15) is 0 Å². The van der Waals surface area contributed by atoms with Crippen LogP contribution in [0.15, 0.2) is 0 Å². The Balaban J connectivity index is 2.86. The number of rotatable bonds is 5. The Kier molecular flexibility index (Phi) is 6.73. The minimum Gasteiger partial charge on any atom is -0.366 e. The van der Waals surface area contributed by atoms with Gasteiger partial charge in [0.2, 0.25) is 0 Å². The van der Waals surface area contributed by atoms with Crippen molar-refractivity contribution in [2.24, 2.45) is 0 Å². The summed E-state index contributed by atoms with van der Waals surface area (Å²) in [5, 5.41) is 0. The summed E-state index contributed by atoms with van der Waals surface area (Å²) in [5.74, 6) is 2.35. The van der Waals surface area contributed by atoms with E-state index in [4.69, 9.17) is 27.5 Å². The van der Waals surface area contributed by atoms with Crippen molar-refractivity contribution in [3.05, 3.63) is 0 Å². The van der Waals surface area contributed by atoms with Gasteiger partial charge in [-0.3, -0.25) is 0 Å². The van der Waals surface area contributed by atoms with Gasteiger partial charge in [-0.15, -0.1) is 6.42 Å². The molecule has 58 valence electrons. The zero-order chi connectivity index (χ0) is 7.82. The summed E-state index contributed by atoms with van der Waals surface area (Å²) in [5.41, 5.74) is -0.255. The fourth-order valence-corrected chi connectivity index (χ4v) is 0.490. The van der Waals surface area contributed by atoms with E-state index < -0.39 is 0 Å². The van der Waals surface area contributed by atoms with Gasteiger partial charge in [-0.25, -0.2) is 0 Å². The second-order valence-electron chi connectivity index (χ2n) is 1.67. The number of alkyl halides is 1. The van der Waals surface area contributed by atoms with E-state index in [1.54, 1.807) is 6.92 Å². The summed E-state index contributed by atoms with van der Waals surface area (Å²) >= 11 is 5.47. The first-order valence-electron chi connectivity index (χ1n) is 3.04. The molecule has 0 aliphatic rings. The monoisotopic (exact) mass is 162 g/mol. The topological polar surface area (TPSA) is 18.5 Å². The first-order valence-corrected chi connectivity index (χ1v) is 3.48. The number of hydrogen-bond acceptors (Lipinski definition) is 2. The molecule has 0 saturated carbocycles. The van der Waals surface area contributed by atoms with Crippen LogP contribution in [-0.2, 0) is 9.47 Å². The van der Waals surface area contributed by atoms with Crippen molar-refractivity contribution in [1.29, 1.82) is 0 Å². The summed E-state index contributed by atoms with van der Waals surface area (Å²) in [7, 11) is 0. The first-order chi connectivity index (χ1) is 4.77. The Morgan fingerprint density at radius 2 is 2.30 bits per heavy atom. The predicted molar refractivity (Wildman–Crippen MR) is 40.9 cm³/mol. The summed E-state index contributed by atoms with van der Waals surface area (Å²) in [6.07, 6.45) is 4.93. The largest absolute Gasteiger partial charge is 0.366 e. The highest BCUT2D eigenvalue weighted by molar-refractivity contribution is 6.19. The SMILES string of the molecule is C#CCOCCO[C@H](C)Cl. The molecule has 0 N–H and O–H groups in total. The van der Waals surface area contributed by atoms with Crippen molar-refractivity contribution in [2.45, 2.75) is 12.5 Å². The van der Waals surface area contributed by atoms with Gasteiger partial charge in [-0.05, 0) is 6.92 Å². The number of halogens is 1. The number of terminal acetylenes is 1. The average molecular weight is 163 g/mol. The molecular formula is C7H11ClO2. The van der Waals surface area contributed by atoms with E-state index >= 15 is 0 Å². The summed E-state index contributed by atoms with van der Waals surface area (Å²) in [6, 6.07) is 0. The number of ether oxygens (including phenoxy) is 2. The molecule has 0 unspecified atom stereocenters. The zero-order valence-corrected chi connectivity index (χ0v) is 6.73. The van der Waals surface area contributed by atoms with Gasteiger partial charge in [0.1, 0.15) is 12.2 Å². The van der Waals surface area contributed by atoms with Crippen LogP contribution in [0.1, 0.15) is 6.92 Å². The summed E-state index contributed by atoms with van der Waals surface area (Å²) in [4.78, 5) is 0. The molecule has 2 nitrogen and oxygen atoms in total. The third-order valence-electron chi connectivity index (χ3n) is 0.761. The van der Waals surface area contributed by atoms with Crippen molar-refractivity contribution >= 4 is 11.6 Å². The standard InChI is InChI=1S/C7H11ClO2/c1-3-4-9-5-6-10-7(2)8/h1,7H,4-6H2,2H3/t7-/m1/s1. The van der Waals surface area contributed by atoms with Crippen LogP contribution in [0.2, 0.25) is 0 Å². The molecule has 0 radical (unpaired) electrons. The van der Waals surface area contributed by atoms with Crippen molar-refractivity contribution in [2.75, 3.05) is 19.8 Å². The van der Waals surface area contributed by atoms with Gasteiger partial charge < -0.3 is 9.47 Å². The Morgan fingerprint density at radius 1 is 1.60 bits per heavy atom. The molecule has 0 spiro atoms. The van der Waals surface area contributed by atoms with Crippen LogP contribution in [0.25, 0.3) is 0 Å². The van der Waals surface area contributed by atoms with E-state index in [9.17, 15) is 0 Å². The van der Waals surface area contributed by atoms with Gasteiger partial charge in [0.25, 0.3) is 0 Å². The predicted octanol–water partition coefficient (Wildman–Crippen LogP) is 1.24. The zero-order valence-electron chi connectivity index (χ0n) is 5.97. The molecule has 0 aliphatic carbocycles. The summed E-state index contributed by atoms with van der Waals surface area (Å²) < 4.78 is 9.87. The van der Waals surface area contributed by atoms with Crippen LogP contribution in [0.4, 0.5) is 0 Å². The van der Waals surface area contributed by atoms with Crippen LogP contribution in [0.3, 0.4) is 0 Å². The Hall–Kier alpha value is -0.230. The maximum absolute atomic E-state index is 5.47. The smallest absolute Gasteiger partial charge is 0.128 e. The lowest BCUT2D eigenvalue weighted by molar-refractivity contribution is 0.0515. The molecule has 0 amide bonds. The van der Waals surface area contributed by atoms with Gasteiger partial charge in [0.15, 0.2) is 0 Å². The van der Waals surface area contributed by atoms with Gasteiger partial charge in [0.05, 0.1) is 13.2 Å². The molecule has 0 fully saturated rings. The Labute approximate surface area is 66.5 Å². The molecule has 0 saturated heterocycles. The van der Waals surface area contributed by atoms with Crippen molar-refractivity contribution in [1.82, 2.24) is 0 Å². The summed E-state index contributed by atoms with van der Waals surface area (Å²) in [6.45, 7) is 3.08. The Bertz CT molecular complexity index is 107. The highest BCUT2D eigenvalue weighted by Crippen LogP contribution is 1.94. The Morgan fingerprint density at radius 3 is 2.80 bits per heavy atom. The normalized spacial score (nSPS) is 12.5. The van der Waals surface area contributed by atoms with Crippen LogP contribution >= 0.6 is 11.6 Å². The van der Waals surface area contributed by atoms with Gasteiger partial charge >= 0.3 is 0 Å². The molecule has 0 aromatic heterocycles. The maximum atomic E-state index is 5.47. The minimum absolute atomic E-state index is 0.255. The number of hydrogen-bond donors (Lipinski definition) is 0. The molecule has 0 aliphatic heterocycles. The van der Waals surface area contributed by atoms with Crippen molar-refractivity contribution < 1.29 is 9.47 Å². The lowest BCUT2D eigenvalue weighted by Crippen LogP contribution is -2.07. The van der Waals surface area contributed by atoms with E-state index in [0.717, 1.165) is 0 Å². The van der Waals surface area contributed by atoms with E-state index in [1.807, 2.05) is 0 Å². The molecular weight excluding hydrogens is 152 g/mol. The molecule has 3 heteroatoms. The third kappa shape index (κ3) is 7.77. The molecule has 0 rings (SSSR count). The second kappa shape index (κ2) is 6.88. The van der Waals surface area contributed by atoms with Crippen LogP contribution < -0.4 is 0 Å². The molecule has 0 aromatic carbocycles. The quantitative estimate of drug-likeness (QED) is 0.344. The molecule has 0 aromatic rings. The van der Waals surface area contributed by atoms with Gasteiger partial charge in [-0.1, -0.05) is 17.5 Å². The fraction of sp³-hybridized carbons (Fsp3) is 0.714. The van der Waals surface area contributed by atoms with Crippen LogP contribution in [0.5, 0.6) is 0 Å². The maximum Gasteiger partial charge on any atom is 0.128 e. The van der Waals surface area contributed by atoms with Gasteiger partial charge in [0, 0.05) is 0 Å². The third-order valence-corrected chi connectivity index (χ3v) is 0.887. The molecule has 10 heavy (non-hydrogen) atoms.